The second-order valence-corrected chi connectivity index (χ2v) is 14.8. The number of hydrogen-bond donors (Lipinski definition) is 0. The quantitative estimate of drug-likeness (QED) is 0.202. The Hall–Kier alpha value is -2.84. The van der Waals surface area contributed by atoms with E-state index in [2.05, 4.69) is 64.5 Å². The van der Waals surface area contributed by atoms with E-state index in [1.165, 1.54) is 54.6 Å². The van der Waals surface area contributed by atoms with E-state index in [0.29, 0.717) is 17.3 Å². The number of rotatable bonds is 10. The smallest absolute Gasteiger partial charge is 0.252 e. The molecule has 2 aromatic carbocycles. The number of aromatic nitrogens is 1. The summed E-state index contributed by atoms with van der Waals surface area (Å²) in [5.41, 5.74) is 3.49. The highest BCUT2D eigenvalue weighted by Crippen LogP contribution is 2.39. The highest BCUT2D eigenvalue weighted by atomic mass is 32.2. The first kappa shape index (κ1) is 28.3. The number of likely N-dealkylation sites (tertiary alicyclic amines) is 1. The molecule has 0 spiro atoms. The zero-order valence-corrected chi connectivity index (χ0v) is 25.1. The molecule has 2 fully saturated rings. The molecule has 4 aromatic rings. The Morgan fingerprint density at radius 3 is 2.29 bits per heavy atom. The van der Waals surface area contributed by atoms with Crippen LogP contribution in [0, 0.1) is 11.8 Å². The Morgan fingerprint density at radius 1 is 0.829 bits per heavy atom. The normalized spacial score (nSPS) is 20.9. The third-order valence-corrected chi connectivity index (χ3v) is 12.3. The number of sulfonamides is 1. The minimum absolute atomic E-state index is 0.199. The van der Waals surface area contributed by atoms with Crippen LogP contribution in [0.4, 0.5) is 0 Å². The van der Waals surface area contributed by atoms with Crippen LogP contribution in [0.15, 0.2) is 101 Å². The first-order chi connectivity index (χ1) is 20.1. The Kier molecular flexibility index (Phi) is 8.96. The Bertz CT molecular complexity index is 1480. The largest absolute Gasteiger partial charge is 0.303 e. The van der Waals surface area contributed by atoms with Crippen LogP contribution in [-0.2, 0) is 16.4 Å². The summed E-state index contributed by atoms with van der Waals surface area (Å²) in [6, 6.07) is 30.7. The molecule has 7 heteroatoms. The number of benzene rings is 2. The summed E-state index contributed by atoms with van der Waals surface area (Å²) in [6.45, 7) is 4.27. The fraction of sp³-hybridized carbons (Fsp3) is 0.382. The third-order valence-electron chi connectivity index (χ3n) is 8.85. The average Bonchev–Trinajstić information content (AvgIpc) is 3.69. The van der Waals surface area contributed by atoms with Crippen molar-refractivity contribution in [2.45, 2.75) is 42.2 Å². The van der Waals surface area contributed by atoms with E-state index < -0.39 is 10.0 Å². The maximum atomic E-state index is 13.8. The summed E-state index contributed by atoms with van der Waals surface area (Å²) >= 11 is 1.32. The van der Waals surface area contributed by atoms with Gasteiger partial charge in [0.25, 0.3) is 10.0 Å². The summed E-state index contributed by atoms with van der Waals surface area (Å²) in [7, 11) is -3.58. The number of thiophene rings is 1. The molecule has 2 saturated heterocycles. The van der Waals surface area contributed by atoms with Gasteiger partial charge >= 0.3 is 0 Å². The molecule has 2 aliphatic heterocycles. The van der Waals surface area contributed by atoms with E-state index >= 15 is 0 Å². The second-order valence-electron chi connectivity index (χ2n) is 11.6. The first-order valence-electron chi connectivity index (χ1n) is 14.9. The Labute approximate surface area is 248 Å². The van der Waals surface area contributed by atoms with E-state index in [1.54, 1.807) is 16.6 Å². The van der Waals surface area contributed by atoms with Crippen LogP contribution >= 0.6 is 11.3 Å². The van der Waals surface area contributed by atoms with Crippen molar-refractivity contribution in [2.24, 2.45) is 11.8 Å². The van der Waals surface area contributed by atoms with Gasteiger partial charge in [0.05, 0.1) is 10.6 Å². The predicted octanol–water partition coefficient (Wildman–Crippen LogP) is 6.95. The van der Waals surface area contributed by atoms with Gasteiger partial charge in [0.1, 0.15) is 4.21 Å². The van der Waals surface area contributed by atoms with Crippen LogP contribution < -0.4 is 0 Å². The Morgan fingerprint density at radius 2 is 1.56 bits per heavy atom. The lowest BCUT2D eigenvalue weighted by atomic mass is 9.87. The van der Waals surface area contributed by atoms with Crippen molar-refractivity contribution >= 4 is 21.4 Å². The first-order valence-corrected chi connectivity index (χ1v) is 17.1. The standard InChI is InChI=1S/C34H39N3O2S2/c38-41(39,34-18-17-33(40-34)32-16-7-8-21-35-32)37-25-30(31(26-37)29-14-5-2-6-15-29)24-36-22-19-28(20-23-36)13-9-12-27-10-3-1-4-11-27/h1-8,10-11,14-18,21,28,30-31H,9,12-13,19-20,22-26H2/t30-,31+/m0/s1. The van der Waals surface area contributed by atoms with Gasteiger partial charge in [-0.1, -0.05) is 73.2 Å². The van der Waals surface area contributed by atoms with Gasteiger partial charge in [-0.15, -0.1) is 11.3 Å². The van der Waals surface area contributed by atoms with Crippen molar-refractivity contribution < 1.29 is 8.42 Å². The summed E-state index contributed by atoms with van der Waals surface area (Å²) in [5, 5.41) is 0. The molecule has 0 amide bonds. The van der Waals surface area contributed by atoms with Crippen LogP contribution in [0.3, 0.4) is 0 Å². The molecule has 2 aromatic heterocycles. The van der Waals surface area contributed by atoms with Crippen LogP contribution in [0.2, 0.25) is 0 Å². The highest BCUT2D eigenvalue weighted by molar-refractivity contribution is 7.91. The van der Waals surface area contributed by atoms with Gasteiger partial charge in [-0.2, -0.15) is 4.31 Å². The number of piperidine rings is 1. The fourth-order valence-corrected chi connectivity index (χ4v) is 9.51. The average molecular weight is 586 g/mol. The number of hydrogen-bond acceptors (Lipinski definition) is 5. The lowest BCUT2D eigenvalue weighted by Gasteiger charge is -2.34. The van der Waals surface area contributed by atoms with Gasteiger partial charge in [0, 0.05) is 31.7 Å². The molecule has 0 radical (unpaired) electrons. The number of aryl methyl sites for hydroxylation is 1. The zero-order valence-electron chi connectivity index (χ0n) is 23.5. The SMILES string of the molecule is O=S(=O)(c1ccc(-c2ccccn2)s1)N1C[C@H](CN2CCC(CCCc3ccccc3)CC2)[C@@H](c2ccccc2)C1. The van der Waals surface area contributed by atoms with Gasteiger partial charge in [-0.05, 0) is 86.0 Å². The molecule has 6 rings (SSSR count). The molecule has 2 aliphatic rings. The van der Waals surface area contributed by atoms with Gasteiger partial charge in [0.15, 0.2) is 0 Å². The predicted molar refractivity (Wildman–Crippen MR) is 168 cm³/mol. The summed E-state index contributed by atoms with van der Waals surface area (Å²) in [5.74, 6) is 1.27. The molecule has 0 bridgehead atoms. The molecule has 0 N–H and O–H groups in total. The molecule has 0 unspecified atom stereocenters. The van der Waals surface area contributed by atoms with Gasteiger partial charge in [0.2, 0.25) is 0 Å². The molecule has 5 nitrogen and oxygen atoms in total. The van der Waals surface area contributed by atoms with Gasteiger partial charge in [-0.3, -0.25) is 4.98 Å². The summed E-state index contributed by atoms with van der Waals surface area (Å²) in [4.78, 5) is 7.88. The van der Waals surface area contributed by atoms with E-state index in [-0.39, 0.29) is 11.8 Å². The fourth-order valence-electron chi connectivity index (χ4n) is 6.55. The van der Waals surface area contributed by atoms with Crippen molar-refractivity contribution in [3.63, 3.8) is 0 Å². The van der Waals surface area contributed by atoms with Crippen LogP contribution in [-0.4, -0.2) is 55.3 Å². The Balaban J connectivity index is 1.09. The van der Waals surface area contributed by atoms with Crippen molar-refractivity contribution in [1.29, 1.82) is 0 Å². The summed E-state index contributed by atoms with van der Waals surface area (Å²) in [6.07, 6.45) is 7.94. The topological polar surface area (TPSA) is 53.5 Å². The lowest BCUT2D eigenvalue weighted by molar-refractivity contribution is 0.154. The highest BCUT2D eigenvalue weighted by Gasteiger charge is 2.41. The molecule has 0 saturated carbocycles. The molecule has 41 heavy (non-hydrogen) atoms. The maximum Gasteiger partial charge on any atom is 0.252 e. The molecule has 214 valence electrons. The zero-order chi connectivity index (χ0) is 28.1. The van der Waals surface area contributed by atoms with Crippen LogP contribution in [0.25, 0.3) is 10.6 Å². The van der Waals surface area contributed by atoms with E-state index in [9.17, 15) is 8.42 Å². The molecule has 4 heterocycles. The monoisotopic (exact) mass is 585 g/mol. The van der Waals surface area contributed by atoms with Crippen LogP contribution in [0.1, 0.15) is 42.7 Å². The molecule has 0 aliphatic carbocycles. The van der Waals surface area contributed by atoms with Crippen molar-refractivity contribution in [2.75, 3.05) is 32.7 Å². The van der Waals surface area contributed by atoms with E-state index in [1.807, 2.05) is 30.3 Å². The van der Waals surface area contributed by atoms with Crippen molar-refractivity contribution in [3.05, 3.63) is 108 Å². The van der Waals surface area contributed by atoms with Crippen molar-refractivity contribution in [3.8, 4) is 10.6 Å². The second kappa shape index (κ2) is 13.0. The molecule has 2 atom stereocenters. The summed E-state index contributed by atoms with van der Waals surface area (Å²) < 4.78 is 29.8. The maximum absolute atomic E-state index is 13.8. The van der Waals surface area contributed by atoms with Gasteiger partial charge < -0.3 is 4.90 Å². The minimum atomic E-state index is -3.58. The van der Waals surface area contributed by atoms with Gasteiger partial charge in [-0.25, -0.2) is 8.42 Å². The van der Waals surface area contributed by atoms with E-state index in [4.69, 9.17) is 0 Å². The molecular formula is C34H39N3O2S2. The minimum Gasteiger partial charge on any atom is -0.303 e. The van der Waals surface area contributed by atoms with E-state index in [0.717, 1.165) is 36.1 Å². The number of pyridine rings is 1. The number of nitrogens with zero attached hydrogens (tertiary/aromatic N) is 3. The van der Waals surface area contributed by atoms with Crippen LogP contribution in [0.5, 0.6) is 0 Å². The third kappa shape index (κ3) is 6.81. The lowest BCUT2D eigenvalue weighted by Crippen LogP contribution is -2.39. The molecular weight excluding hydrogens is 547 g/mol. The van der Waals surface area contributed by atoms with Crippen molar-refractivity contribution in [1.82, 2.24) is 14.2 Å².